The van der Waals surface area contributed by atoms with E-state index in [1.165, 1.54) is 24.3 Å². The average Bonchev–Trinajstić information content (AvgIpc) is 2.06. The van der Waals surface area contributed by atoms with Crippen molar-refractivity contribution in [2.24, 2.45) is 5.92 Å². The third-order valence-electron chi connectivity index (χ3n) is 2.57. The van der Waals surface area contributed by atoms with Crippen LogP contribution in [-0.2, 0) is 0 Å². The normalized spacial score (nSPS) is 22.5. The molecule has 2 heteroatoms. The standard InChI is InChI=1S/C10H20OS/c1-2-3-10(11)8-9-4-6-12-7-5-9/h9-11H,2-8H2,1H3. The van der Waals surface area contributed by atoms with Crippen LogP contribution in [0.1, 0.15) is 39.0 Å². The molecule has 0 saturated carbocycles. The number of hydrogen-bond acceptors (Lipinski definition) is 2. The van der Waals surface area contributed by atoms with Crippen LogP contribution in [-0.4, -0.2) is 22.7 Å². The first-order chi connectivity index (χ1) is 5.83. The Labute approximate surface area is 79.9 Å². The van der Waals surface area contributed by atoms with E-state index in [1.807, 2.05) is 0 Å². The summed E-state index contributed by atoms with van der Waals surface area (Å²) in [5.41, 5.74) is 0. The summed E-state index contributed by atoms with van der Waals surface area (Å²) in [4.78, 5) is 0. The number of rotatable bonds is 4. The SMILES string of the molecule is CCCC(O)CC1CCSCC1. The van der Waals surface area contributed by atoms with Crippen molar-refractivity contribution < 1.29 is 5.11 Å². The maximum Gasteiger partial charge on any atom is 0.0542 e. The van der Waals surface area contributed by atoms with Crippen LogP contribution in [0, 0.1) is 5.92 Å². The summed E-state index contributed by atoms with van der Waals surface area (Å²) in [6.45, 7) is 2.14. The first-order valence-electron chi connectivity index (χ1n) is 5.08. The van der Waals surface area contributed by atoms with Gasteiger partial charge in [0, 0.05) is 0 Å². The van der Waals surface area contributed by atoms with Crippen LogP contribution >= 0.6 is 11.8 Å². The van der Waals surface area contributed by atoms with E-state index < -0.39 is 0 Å². The molecular weight excluding hydrogens is 168 g/mol. The van der Waals surface area contributed by atoms with Gasteiger partial charge >= 0.3 is 0 Å². The molecular formula is C10H20OS. The van der Waals surface area contributed by atoms with E-state index in [4.69, 9.17) is 0 Å². The Morgan fingerprint density at radius 3 is 2.67 bits per heavy atom. The first-order valence-corrected chi connectivity index (χ1v) is 6.24. The van der Waals surface area contributed by atoms with Crippen LogP contribution in [0.3, 0.4) is 0 Å². The highest BCUT2D eigenvalue weighted by Crippen LogP contribution is 2.26. The molecule has 0 spiro atoms. The summed E-state index contributed by atoms with van der Waals surface area (Å²) < 4.78 is 0. The molecule has 1 aliphatic heterocycles. The Bertz CT molecular complexity index is 110. The molecule has 1 fully saturated rings. The van der Waals surface area contributed by atoms with Gasteiger partial charge in [-0.2, -0.15) is 11.8 Å². The summed E-state index contributed by atoms with van der Waals surface area (Å²) in [5.74, 6) is 3.43. The van der Waals surface area contributed by atoms with Gasteiger partial charge in [0.05, 0.1) is 6.10 Å². The lowest BCUT2D eigenvalue weighted by Crippen LogP contribution is -2.17. The second-order valence-electron chi connectivity index (χ2n) is 3.73. The topological polar surface area (TPSA) is 20.2 Å². The van der Waals surface area contributed by atoms with Crippen molar-refractivity contribution in [2.75, 3.05) is 11.5 Å². The Balaban J connectivity index is 2.11. The summed E-state index contributed by atoms with van der Waals surface area (Å²) in [7, 11) is 0. The lowest BCUT2D eigenvalue weighted by molar-refractivity contribution is 0.129. The molecule has 1 unspecified atom stereocenters. The Morgan fingerprint density at radius 2 is 2.08 bits per heavy atom. The van der Waals surface area contributed by atoms with E-state index in [-0.39, 0.29) is 6.10 Å². The lowest BCUT2D eigenvalue weighted by atomic mass is 9.94. The zero-order valence-corrected chi connectivity index (χ0v) is 8.78. The highest BCUT2D eigenvalue weighted by Gasteiger charge is 2.16. The lowest BCUT2D eigenvalue weighted by Gasteiger charge is -2.23. The molecule has 1 heterocycles. The smallest absolute Gasteiger partial charge is 0.0542 e. The summed E-state index contributed by atoms with van der Waals surface area (Å²) in [5, 5.41) is 9.59. The minimum absolute atomic E-state index is 0.0249. The Hall–Kier alpha value is 0.310. The molecule has 1 nitrogen and oxygen atoms in total. The van der Waals surface area contributed by atoms with Gasteiger partial charge in [-0.25, -0.2) is 0 Å². The maximum atomic E-state index is 9.59. The van der Waals surface area contributed by atoms with E-state index in [0.29, 0.717) is 0 Å². The summed E-state index contributed by atoms with van der Waals surface area (Å²) in [6.07, 6.45) is 5.78. The molecule has 0 aromatic carbocycles. The van der Waals surface area contributed by atoms with Gasteiger partial charge in [0.15, 0.2) is 0 Å². The molecule has 1 saturated heterocycles. The zero-order valence-electron chi connectivity index (χ0n) is 7.96. The highest BCUT2D eigenvalue weighted by molar-refractivity contribution is 7.99. The molecule has 12 heavy (non-hydrogen) atoms. The van der Waals surface area contributed by atoms with Gasteiger partial charge < -0.3 is 5.11 Å². The van der Waals surface area contributed by atoms with Crippen molar-refractivity contribution in [3.05, 3.63) is 0 Å². The Kier molecular flexibility index (Phi) is 5.08. The number of thioether (sulfide) groups is 1. The van der Waals surface area contributed by atoms with Crippen molar-refractivity contribution in [1.82, 2.24) is 0 Å². The van der Waals surface area contributed by atoms with Crippen LogP contribution < -0.4 is 0 Å². The fourth-order valence-electron chi connectivity index (χ4n) is 1.82. The average molecular weight is 188 g/mol. The van der Waals surface area contributed by atoms with Crippen molar-refractivity contribution in [1.29, 1.82) is 0 Å². The largest absolute Gasteiger partial charge is 0.393 e. The van der Waals surface area contributed by atoms with Crippen molar-refractivity contribution in [3.8, 4) is 0 Å². The van der Waals surface area contributed by atoms with E-state index >= 15 is 0 Å². The van der Waals surface area contributed by atoms with Crippen LogP contribution in [0.5, 0.6) is 0 Å². The molecule has 0 amide bonds. The van der Waals surface area contributed by atoms with Gasteiger partial charge in [0.1, 0.15) is 0 Å². The molecule has 0 aliphatic carbocycles. The number of hydrogen-bond donors (Lipinski definition) is 1. The van der Waals surface area contributed by atoms with Gasteiger partial charge in [-0.1, -0.05) is 13.3 Å². The first kappa shape index (κ1) is 10.4. The van der Waals surface area contributed by atoms with Gasteiger partial charge in [-0.15, -0.1) is 0 Å². The van der Waals surface area contributed by atoms with Gasteiger partial charge in [-0.05, 0) is 43.1 Å². The van der Waals surface area contributed by atoms with E-state index in [2.05, 4.69) is 18.7 Å². The fraction of sp³-hybridized carbons (Fsp3) is 1.00. The molecule has 72 valence electrons. The minimum atomic E-state index is -0.0249. The van der Waals surface area contributed by atoms with Gasteiger partial charge in [0.25, 0.3) is 0 Å². The zero-order chi connectivity index (χ0) is 8.81. The molecule has 0 aromatic rings. The molecule has 0 aromatic heterocycles. The van der Waals surface area contributed by atoms with Crippen molar-refractivity contribution in [3.63, 3.8) is 0 Å². The third-order valence-corrected chi connectivity index (χ3v) is 3.62. The van der Waals surface area contributed by atoms with E-state index in [1.54, 1.807) is 0 Å². The summed E-state index contributed by atoms with van der Waals surface area (Å²) in [6, 6.07) is 0. The van der Waals surface area contributed by atoms with E-state index in [9.17, 15) is 5.11 Å². The number of aliphatic hydroxyl groups excluding tert-OH is 1. The van der Waals surface area contributed by atoms with Crippen molar-refractivity contribution >= 4 is 11.8 Å². The predicted octanol–water partition coefficient (Wildman–Crippen LogP) is 2.68. The monoisotopic (exact) mass is 188 g/mol. The van der Waals surface area contributed by atoms with Crippen molar-refractivity contribution in [2.45, 2.75) is 45.1 Å². The third kappa shape index (κ3) is 3.81. The fourth-order valence-corrected chi connectivity index (χ4v) is 3.02. The highest BCUT2D eigenvalue weighted by atomic mass is 32.2. The molecule has 1 aliphatic rings. The number of aliphatic hydroxyl groups is 1. The van der Waals surface area contributed by atoms with Gasteiger partial charge in [-0.3, -0.25) is 0 Å². The second-order valence-corrected chi connectivity index (χ2v) is 4.96. The minimum Gasteiger partial charge on any atom is -0.393 e. The van der Waals surface area contributed by atoms with Gasteiger partial charge in [0.2, 0.25) is 0 Å². The van der Waals surface area contributed by atoms with Crippen LogP contribution in [0.4, 0.5) is 0 Å². The maximum absolute atomic E-state index is 9.59. The molecule has 1 rings (SSSR count). The molecule has 0 radical (unpaired) electrons. The second kappa shape index (κ2) is 5.87. The predicted molar refractivity (Wildman–Crippen MR) is 55.6 cm³/mol. The quantitative estimate of drug-likeness (QED) is 0.732. The Morgan fingerprint density at radius 1 is 1.42 bits per heavy atom. The van der Waals surface area contributed by atoms with Crippen LogP contribution in [0.15, 0.2) is 0 Å². The molecule has 0 bridgehead atoms. The molecule has 1 N–H and O–H groups in total. The van der Waals surface area contributed by atoms with E-state index in [0.717, 1.165) is 25.2 Å². The van der Waals surface area contributed by atoms with Crippen LogP contribution in [0.2, 0.25) is 0 Å². The van der Waals surface area contributed by atoms with Crippen LogP contribution in [0.25, 0.3) is 0 Å². The molecule has 1 atom stereocenters. The summed E-state index contributed by atoms with van der Waals surface area (Å²) >= 11 is 2.06.